The fourth-order valence-corrected chi connectivity index (χ4v) is 2.66. The third kappa shape index (κ3) is 3.40. The number of nitrogens with zero attached hydrogens (tertiary/aromatic N) is 2. The van der Waals surface area contributed by atoms with Gasteiger partial charge in [0.1, 0.15) is 10.8 Å². The molecule has 0 aromatic carbocycles. The fraction of sp³-hybridized carbons (Fsp3) is 0.538. The second-order valence-electron chi connectivity index (χ2n) is 4.60. The number of furan rings is 1. The van der Waals surface area contributed by atoms with Gasteiger partial charge in [0.05, 0.1) is 11.8 Å². The first kappa shape index (κ1) is 13.2. The van der Waals surface area contributed by atoms with Crippen molar-refractivity contribution < 1.29 is 4.42 Å². The molecule has 18 heavy (non-hydrogen) atoms. The Labute approximate surface area is 111 Å². The van der Waals surface area contributed by atoms with Gasteiger partial charge >= 0.3 is 0 Å². The van der Waals surface area contributed by atoms with Crippen LogP contribution in [-0.4, -0.2) is 22.8 Å². The molecule has 0 saturated carbocycles. The van der Waals surface area contributed by atoms with Crippen LogP contribution in [0.2, 0.25) is 0 Å². The minimum absolute atomic E-state index is 0.545. The van der Waals surface area contributed by atoms with Crippen LogP contribution < -0.4 is 5.32 Å². The molecule has 0 bridgehead atoms. The van der Waals surface area contributed by atoms with Crippen LogP contribution in [0, 0.1) is 6.92 Å². The van der Waals surface area contributed by atoms with Crippen molar-refractivity contribution in [2.45, 2.75) is 39.7 Å². The summed E-state index contributed by atoms with van der Waals surface area (Å²) in [6, 6.07) is 2.49. The van der Waals surface area contributed by atoms with E-state index in [0.717, 1.165) is 40.7 Å². The lowest BCUT2D eigenvalue weighted by molar-refractivity contribution is 0.535. The average molecular weight is 265 g/mol. The summed E-state index contributed by atoms with van der Waals surface area (Å²) in [5, 5.41) is 13.9. The summed E-state index contributed by atoms with van der Waals surface area (Å²) in [6.07, 6.45) is 3.77. The number of hydrogen-bond donors (Lipinski definition) is 1. The standard InChI is InChI=1S/C13H19N3OS/c1-9(2)14-7-4-5-12-15-16-13(18-12)11-6-8-17-10(11)3/h6,8-9,14H,4-5,7H2,1-3H3. The van der Waals surface area contributed by atoms with Gasteiger partial charge in [-0.15, -0.1) is 10.2 Å². The summed E-state index contributed by atoms with van der Waals surface area (Å²) in [5.41, 5.74) is 1.05. The Kier molecular flexibility index (Phi) is 4.49. The van der Waals surface area contributed by atoms with Gasteiger partial charge in [-0.05, 0) is 26.0 Å². The maximum Gasteiger partial charge on any atom is 0.151 e. The zero-order valence-electron chi connectivity index (χ0n) is 11.1. The molecule has 0 fully saturated rings. The first-order valence-electron chi connectivity index (χ1n) is 6.27. The fourth-order valence-electron chi connectivity index (χ4n) is 1.70. The van der Waals surface area contributed by atoms with Crippen LogP contribution in [0.4, 0.5) is 0 Å². The second-order valence-corrected chi connectivity index (χ2v) is 5.67. The topological polar surface area (TPSA) is 51.0 Å². The Bertz CT molecular complexity index is 490. The molecule has 0 saturated heterocycles. The monoisotopic (exact) mass is 265 g/mol. The molecule has 0 aliphatic carbocycles. The molecular weight excluding hydrogens is 246 g/mol. The minimum Gasteiger partial charge on any atom is -0.469 e. The van der Waals surface area contributed by atoms with E-state index < -0.39 is 0 Å². The van der Waals surface area contributed by atoms with E-state index in [1.807, 2.05) is 13.0 Å². The average Bonchev–Trinajstić information content (AvgIpc) is 2.92. The van der Waals surface area contributed by atoms with Crippen LogP contribution in [0.15, 0.2) is 16.7 Å². The number of nitrogens with one attached hydrogen (secondary N) is 1. The van der Waals surface area contributed by atoms with Crippen molar-refractivity contribution >= 4 is 11.3 Å². The van der Waals surface area contributed by atoms with Crippen molar-refractivity contribution in [1.29, 1.82) is 0 Å². The van der Waals surface area contributed by atoms with Crippen LogP contribution in [0.1, 0.15) is 31.0 Å². The Hall–Kier alpha value is -1.20. The molecule has 0 unspecified atom stereocenters. The molecule has 0 aliphatic rings. The molecule has 0 radical (unpaired) electrons. The first-order chi connectivity index (χ1) is 8.66. The zero-order chi connectivity index (χ0) is 13.0. The molecule has 2 rings (SSSR count). The summed E-state index contributed by atoms with van der Waals surface area (Å²) in [4.78, 5) is 0. The Morgan fingerprint density at radius 2 is 2.22 bits per heavy atom. The minimum atomic E-state index is 0.545. The van der Waals surface area contributed by atoms with Gasteiger partial charge in [0, 0.05) is 12.5 Å². The molecule has 2 aromatic rings. The third-order valence-corrected chi connectivity index (χ3v) is 3.69. The summed E-state index contributed by atoms with van der Waals surface area (Å²) in [6.45, 7) is 7.29. The molecule has 0 aliphatic heterocycles. The van der Waals surface area contributed by atoms with Gasteiger partial charge in [-0.1, -0.05) is 25.2 Å². The quantitative estimate of drug-likeness (QED) is 0.816. The van der Waals surface area contributed by atoms with Gasteiger partial charge in [0.15, 0.2) is 5.01 Å². The molecule has 2 aromatic heterocycles. The van der Waals surface area contributed by atoms with Crippen molar-refractivity contribution in [1.82, 2.24) is 15.5 Å². The maximum atomic E-state index is 5.28. The molecule has 0 atom stereocenters. The Morgan fingerprint density at radius 3 is 2.89 bits per heavy atom. The normalized spacial score (nSPS) is 11.3. The highest BCUT2D eigenvalue weighted by atomic mass is 32.1. The van der Waals surface area contributed by atoms with E-state index in [1.165, 1.54) is 0 Å². The van der Waals surface area contributed by atoms with Crippen LogP contribution in [0.3, 0.4) is 0 Å². The molecule has 4 nitrogen and oxygen atoms in total. The number of hydrogen-bond acceptors (Lipinski definition) is 5. The van der Waals surface area contributed by atoms with E-state index in [9.17, 15) is 0 Å². The van der Waals surface area contributed by atoms with Gasteiger partial charge < -0.3 is 9.73 Å². The van der Waals surface area contributed by atoms with Gasteiger partial charge in [0.25, 0.3) is 0 Å². The van der Waals surface area contributed by atoms with Gasteiger partial charge in [-0.3, -0.25) is 0 Å². The molecule has 5 heteroatoms. The Morgan fingerprint density at radius 1 is 1.39 bits per heavy atom. The second kappa shape index (κ2) is 6.11. The first-order valence-corrected chi connectivity index (χ1v) is 7.08. The van der Waals surface area contributed by atoms with Crippen molar-refractivity contribution in [3.8, 4) is 10.6 Å². The van der Waals surface area contributed by atoms with Crippen molar-refractivity contribution in [2.24, 2.45) is 0 Å². The maximum absolute atomic E-state index is 5.28. The van der Waals surface area contributed by atoms with E-state index in [1.54, 1.807) is 17.6 Å². The summed E-state index contributed by atoms with van der Waals surface area (Å²) < 4.78 is 5.28. The van der Waals surface area contributed by atoms with Gasteiger partial charge in [0.2, 0.25) is 0 Å². The summed E-state index contributed by atoms with van der Waals surface area (Å²) in [7, 11) is 0. The lowest BCUT2D eigenvalue weighted by Gasteiger charge is -2.05. The smallest absolute Gasteiger partial charge is 0.151 e. The molecule has 98 valence electrons. The van der Waals surface area contributed by atoms with E-state index in [4.69, 9.17) is 4.42 Å². The SMILES string of the molecule is Cc1occc1-c1nnc(CCCNC(C)C)s1. The van der Waals surface area contributed by atoms with Crippen LogP contribution in [0.25, 0.3) is 10.6 Å². The predicted octanol–water partition coefficient (Wildman–Crippen LogP) is 3.04. The summed E-state index contributed by atoms with van der Waals surface area (Å²) >= 11 is 1.65. The third-order valence-electron chi connectivity index (χ3n) is 2.68. The van der Waals surface area contributed by atoms with E-state index in [-0.39, 0.29) is 0 Å². The Balaban J connectivity index is 1.89. The highest BCUT2D eigenvalue weighted by Crippen LogP contribution is 2.27. The molecular formula is C13H19N3OS. The number of aryl methyl sites for hydroxylation is 2. The van der Waals surface area contributed by atoms with E-state index >= 15 is 0 Å². The molecule has 2 heterocycles. The molecule has 0 spiro atoms. The highest BCUT2D eigenvalue weighted by Gasteiger charge is 2.10. The van der Waals surface area contributed by atoms with E-state index in [0.29, 0.717) is 6.04 Å². The van der Waals surface area contributed by atoms with Crippen LogP contribution >= 0.6 is 11.3 Å². The van der Waals surface area contributed by atoms with Crippen molar-refractivity contribution in [3.63, 3.8) is 0 Å². The number of aromatic nitrogens is 2. The summed E-state index contributed by atoms with van der Waals surface area (Å²) in [5.74, 6) is 0.902. The van der Waals surface area contributed by atoms with Crippen LogP contribution in [-0.2, 0) is 6.42 Å². The molecule has 1 N–H and O–H groups in total. The van der Waals surface area contributed by atoms with Crippen molar-refractivity contribution in [3.05, 3.63) is 23.1 Å². The molecule has 0 amide bonds. The van der Waals surface area contributed by atoms with Crippen LogP contribution in [0.5, 0.6) is 0 Å². The van der Waals surface area contributed by atoms with Crippen molar-refractivity contribution in [2.75, 3.05) is 6.54 Å². The van der Waals surface area contributed by atoms with E-state index in [2.05, 4.69) is 29.4 Å². The van der Waals surface area contributed by atoms with Gasteiger partial charge in [-0.2, -0.15) is 0 Å². The number of rotatable bonds is 6. The lowest BCUT2D eigenvalue weighted by atomic mass is 10.3. The van der Waals surface area contributed by atoms with Gasteiger partial charge in [-0.25, -0.2) is 0 Å². The predicted molar refractivity (Wildman–Crippen MR) is 73.8 cm³/mol. The largest absolute Gasteiger partial charge is 0.469 e. The highest BCUT2D eigenvalue weighted by molar-refractivity contribution is 7.14. The zero-order valence-corrected chi connectivity index (χ0v) is 11.9. The lowest BCUT2D eigenvalue weighted by Crippen LogP contribution is -2.23.